The quantitative estimate of drug-likeness (QED) is 0.634. The van der Waals surface area contributed by atoms with Gasteiger partial charge < -0.3 is 19.7 Å². The molecule has 2 N–H and O–H groups in total. The molecule has 0 unspecified atom stereocenters. The summed E-state index contributed by atoms with van der Waals surface area (Å²) in [6.45, 7) is 5.13. The highest BCUT2D eigenvalue weighted by molar-refractivity contribution is 5.35. The van der Waals surface area contributed by atoms with Crippen molar-refractivity contribution in [2.24, 2.45) is 0 Å². The van der Waals surface area contributed by atoms with E-state index in [-0.39, 0.29) is 13.2 Å². The molecule has 0 aromatic heterocycles. The highest BCUT2D eigenvalue weighted by atomic mass is 16.5. The van der Waals surface area contributed by atoms with Crippen molar-refractivity contribution in [3.8, 4) is 11.5 Å². The molecule has 0 saturated carbocycles. The van der Waals surface area contributed by atoms with Crippen LogP contribution in [0.4, 0.5) is 0 Å². The zero-order valence-corrected chi connectivity index (χ0v) is 15.7. The maximum atomic E-state index is 8.86. The monoisotopic (exact) mass is 358 g/mol. The Morgan fingerprint density at radius 2 is 1.00 bits per heavy atom. The van der Waals surface area contributed by atoms with Gasteiger partial charge in [-0.3, -0.25) is 0 Å². The summed E-state index contributed by atoms with van der Waals surface area (Å²) in [4.78, 5) is 0. The Bertz CT molecular complexity index is 564. The van der Waals surface area contributed by atoms with Gasteiger partial charge in [0.25, 0.3) is 0 Å². The van der Waals surface area contributed by atoms with Crippen LogP contribution in [0.2, 0.25) is 0 Å². The van der Waals surface area contributed by atoms with E-state index in [1.807, 2.05) is 24.3 Å². The van der Waals surface area contributed by atoms with Gasteiger partial charge in [0.15, 0.2) is 0 Å². The van der Waals surface area contributed by atoms with Crippen LogP contribution < -0.4 is 9.47 Å². The van der Waals surface area contributed by atoms with Crippen molar-refractivity contribution in [2.45, 2.75) is 38.5 Å². The number of ether oxygens (including phenoxy) is 2. The molecule has 0 spiro atoms. The first-order valence-electron chi connectivity index (χ1n) is 9.40. The fourth-order valence-electron chi connectivity index (χ4n) is 3.45. The predicted molar refractivity (Wildman–Crippen MR) is 104 cm³/mol. The molecule has 0 aliphatic carbocycles. The van der Waals surface area contributed by atoms with Gasteiger partial charge >= 0.3 is 0 Å². The normalized spacial score (nSPS) is 13.2. The van der Waals surface area contributed by atoms with E-state index in [2.05, 4.69) is 38.1 Å². The Morgan fingerprint density at radius 1 is 0.654 bits per heavy atom. The molecule has 4 nitrogen and oxygen atoms in total. The van der Waals surface area contributed by atoms with Gasteiger partial charge in [-0.05, 0) is 60.1 Å². The topological polar surface area (TPSA) is 58.9 Å². The lowest BCUT2D eigenvalue weighted by molar-refractivity contribution is 0.201. The van der Waals surface area contributed by atoms with Gasteiger partial charge in [0, 0.05) is 0 Å². The third-order valence-corrected chi connectivity index (χ3v) is 4.70. The smallest absolute Gasteiger partial charge is 0.119 e. The van der Waals surface area contributed by atoms with Gasteiger partial charge in [0.2, 0.25) is 0 Å². The van der Waals surface area contributed by atoms with Gasteiger partial charge in [-0.15, -0.1) is 0 Å². The summed E-state index contributed by atoms with van der Waals surface area (Å²) in [7, 11) is 0. The fourth-order valence-corrected chi connectivity index (χ4v) is 3.45. The Hall–Kier alpha value is -2.04. The highest BCUT2D eigenvalue weighted by Crippen LogP contribution is 2.38. The lowest BCUT2D eigenvalue weighted by Gasteiger charge is -2.26. The summed E-state index contributed by atoms with van der Waals surface area (Å²) in [5.41, 5.74) is 2.60. The molecule has 2 aromatic rings. The Morgan fingerprint density at radius 3 is 1.27 bits per heavy atom. The molecule has 0 aliphatic heterocycles. The summed E-state index contributed by atoms with van der Waals surface area (Å²) >= 11 is 0. The minimum absolute atomic E-state index is 0.0231. The average molecular weight is 358 g/mol. The summed E-state index contributed by atoms with van der Waals surface area (Å²) in [5.74, 6) is 2.43. The van der Waals surface area contributed by atoms with Crippen LogP contribution in [0, 0.1) is 0 Å². The van der Waals surface area contributed by atoms with Crippen LogP contribution in [0.1, 0.15) is 49.7 Å². The highest BCUT2D eigenvalue weighted by Gasteiger charge is 2.22. The van der Waals surface area contributed by atoms with Crippen LogP contribution in [0.3, 0.4) is 0 Å². The molecule has 0 saturated heterocycles. The van der Waals surface area contributed by atoms with Crippen LogP contribution >= 0.6 is 0 Å². The molecule has 2 rings (SSSR count). The van der Waals surface area contributed by atoms with Gasteiger partial charge in [-0.25, -0.2) is 0 Å². The number of aliphatic hydroxyl groups excluding tert-OH is 2. The average Bonchev–Trinajstić information content (AvgIpc) is 2.70. The van der Waals surface area contributed by atoms with E-state index in [0.717, 1.165) is 24.3 Å². The molecule has 0 amide bonds. The van der Waals surface area contributed by atoms with Gasteiger partial charge in [-0.2, -0.15) is 0 Å². The second-order valence-corrected chi connectivity index (χ2v) is 6.31. The minimum atomic E-state index is 0.0231. The van der Waals surface area contributed by atoms with Crippen molar-refractivity contribution in [2.75, 3.05) is 26.4 Å². The molecular formula is C22H30O4. The number of benzene rings is 2. The molecule has 0 radical (unpaired) electrons. The Balaban J connectivity index is 2.14. The predicted octanol–water partition coefficient (Wildman–Crippen LogP) is 4.12. The van der Waals surface area contributed by atoms with Gasteiger partial charge in [0.1, 0.15) is 24.7 Å². The summed E-state index contributed by atoms with van der Waals surface area (Å²) in [6, 6.07) is 16.4. The Labute approximate surface area is 156 Å². The van der Waals surface area contributed by atoms with E-state index >= 15 is 0 Å². The molecule has 2 aromatic carbocycles. The van der Waals surface area contributed by atoms with Crippen LogP contribution in [-0.2, 0) is 0 Å². The first-order valence-corrected chi connectivity index (χ1v) is 9.40. The molecule has 0 heterocycles. The summed E-state index contributed by atoms with van der Waals surface area (Å²) in [5, 5.41) is 17.7. The van der Waals surface area contributed by atoms with Crippen LogP contribution in [0.25, 0.3) is 0 Å². The Kier molecular flexibility index (Phi) is 8.45. The maximum absolute atomic E-state index is 8.86. The van der Waals surface area contributed by atoms with E-state index in [1.165, 1.54) is 11.1 Å². The van der Waals surface area contributed by atoms with Crippen molar-refractivity contribution in [3.63, 3.8) is 0 Å². The maximum Gasteiger partial charge on any atom is 0.119 e. The molecule has 0 aliphatic rings. The second kappa shape index (κ2) is 10.8. The molecule has 0 fully saturated rings. The first-order chi connectivity index (χ1) is 12.7. The van der Waals surface area contributed by atoms with E-state index in [9.17, 15) is 0 Å². The molecule has 2 atom stereocenters. The first kappa shape index (κ1) is 20.3. The molecule has 142 valence electrons. The number of hydrogen-bond donors (Lipinski definition) is 2. The van der Waals surface area contributed by atoms with Gasteiger partial charge in [-0.1, -0.05) is 38.1 Å². The summed E-state index contributed by atoms with van der Waals surface area (Å²) < 4.78 is 10.9. The lowest BCUT2D eigenvalue weighted by Crippen LogP contribution is -2.11. The number of rotatable bonds is 11. The SMILES string of the molecule is CC[C@H](c1ccc(OCCO)cc1)[C@@H](CC)c1ccc(OCCO)cc1. The van der Waals surface area contributed by atoms with E-state index < -0.39 is 0 Å². The fraction of sp³-hybridized carbons (Fsp3) is 0.455. The second-order valence-electron chi connectivity index (χ2n) is 6.31. The third kappa shape index (κ3) is 5.48. The largest absolute Gasteiger partial charge is 0.491 e. The van der Waals surface area contributed by atoms with Crippen molar-refractivity contribution in [1.29, 1.82) is 0 Å². The van der Waals surface area contributed by atoms with Crippen molar-refractivity contribution in [1.82, 2.24) is 0 Å². The van der Waals surface area contributed by atoms with Crippen molar-refractivity contribution >= 4 is 0 Å². The van der Waals surface area contributed by atoms with E-state index in [0.29, 0.717) is 25.0 Å². The van der Waals surface area contributed by atoms with E-state index in [1.54, 1.807) is 0 Å². The van der Waals surface area contributed by atoms with Crippen molar-refractivity contribution in [3.05, 3.63) is 59.7 Å². The van der Waals surface area contributed by atoms with Crippen molar-refractivity contribution < 1.29 is 19.7 Å². The zero-order valence-electron chi connectivity index (χ0n) is 15.7. The van der Waals surface area contributed by atoms with Gasteiger partial charge in [0.05, 0.1) is 13.2 Å². The third-order valence-electron chi connectivity index (χ3n) is 4.70. The lowest BCUT2D eigenvalue weighted by atomic mass is 9.78. The molecule has 4 heteroatoms. The minimum Gasteiger partial charge on any atom is -0.491 e. The molecular weight excluding hydrogens is 328 g/mol. The molecule has 26 heavy (non-hydrogen) atoms. The van der Waals surface area contributed by atoms with Crippen LogP contribution in [-0.4, -0.2) is 36.6 Å². The summed E-state index contributed by atoms with van der Waals surface area (Å²) in [6.07, 6.45) is 2.11. The van der Waals surface area contributed by atoms with Crippen LogP contribution in [0.15, 0.2) is 48.5 Å². The van der Waals surface area contributed by atoms with Crippen LogP contribution in [0.5, 0.6) is 11.5 Å². The number of aliphatic hydroxyl groups is 2. The molecule has 0 bridgehead atoms. The standard InChI is InChI=1S/C22H30O4/c1-3-21(17-5-9-19(10-6-17)25-15-13-23)22(4-2)18-7-11-20(12-8-18)26-16-14-24/h5-12,21-24H,3-4,13-16H2,1-2H3/t21-,22+. The van der Waals surface area contributed by atoms with E-state index in [4.69, 9.17) is 19.7 Å². The zero-order chi connectivity index (χ0) is 18.8. The number of hydrogen-bond acceptors (Lipinski definition) is 4.